The molecule has 21 heavy (non-hydrogen) atoms. The summed E-state index contributed by atoms with van der Waals surface area (Å²) >= 11 is 0. The fourth-order valence-corrected chi connectivity index (χ4v) is 2.21. The van der Waals surface area contributed by atoms with Crippen molar-refractivity contribution in [3.8, 4) is 0 Å². The summed E-state index contributed by atoms with van der Waals surface area (Å²) in [7, 11) is 0. The van der Waals surface area contributed by atoms with Crippen molar-refractivity contribution in [2.45, 2.75) is 18.9 Å². The lowest BCUT2D eigenvalue weighted by molar-refractivity contribution is 0.120. The van der Waals surface area contributed by atoms with Gasteiger partial charge >= 0.3 is 0 Å². The number of pyridine rings is 1. The number of rotatable bonds is 5. The zero-order chi connectivity index (χ0) is 14.5. The van der Waals surface area contributed by atoms with E-state index in [1.807, 2.05) is 18.2 Å². The molecule has 1 saturated heterocycles. The van der Waals surface area contributed by atoms with E-state index in [0.717, 1.165) is 19.4 Å². The van der Waals surface area contributed by atoms with Gasteiger partial charge in [0.25, 0.3) is 0 Å². The fourth-order valence-electron chi connectivity index (χ4n) is 2.21. The quantitative estimate of drug-likeness (QED) is 0.770. The number of ether oxygens (including phenoxy) is 1. The molecule has 7 heteroatoms. The van der Waals surface area contributed by atoms with E-state index in [1.165, 1.54) is 6.33 Å². The van der Waals surface area contributed by atoms with Crippen LogP contribution >= 0.6 is 0 Å². The van der Waals surface area contributed by atoms with Crippen molar-refractivity contribution in [2.24, 2.45) is 0 Å². The fraction of sp³-hybridized carbons (Fsp3) is 0.357. The summed E-state index contributed by atoms with van der Waals surface area (Å²) in [6.45, 7) is 1.53. The Hall–Kier alpha value is -2.41. The largest absolute Gasteiger partial charge is 0.393 e. The van der Waals surface area contributed by atoms with Gasteiger partial charge in [0.2, 0.25) is 0 Å². The van der Waals surface area contributed by atoms with E-state index < -0.39 is 0 Å². The third-order valence-electron chi connectivity index (χ3n) is 3.32. The predicted octanol–water partition coefficient (Wildman–Crippen LogP) is 1.79. The average Bonchev–Trinajstić information content (AvgIpc) is 3.03. The number of nitrogens with zero attached hydrogens (tertiary/aromatic N) is 3. The Morgan fingerprint density at radius 1 is 1.24 bits per heavy atom. The Balaban J connectivity index is 1.69. The summed E-state index contributed by atoms with van der Waals surface area (Å²) in [5.41, 5.74) is 6.57. The molecule has 1 fully saturated rings. The Morgan fingerprint density at radius 2 is 2.14 bits per heavy atom. The van der Waals surface area contributed by atoms with Crippen LogP contribution in [0.5, 0.6) is 0 Å². The molecule has 0 aromatic carbocycles. The Bertz CT molecular complexity index is 585. The van der Waals surface area contributed by atoms with Crippen molar-refractivity contribution < 1.29 is 4.74 Å². The van der Waals surface area contributed by atoms with Crippen LogP contribution in [0.4, 0.5) is 23.1 Å². The highest BCUT2D eigenvalue weighted by Crippen LogP contribution is 2.25. The van der Waals surface area contributed by atoms with Crippen LogP contribution in [0, 0.1) is 0 Å². The maximum absolute atomic E-state index is 6.10. The van der Waals surface area contributed by atoms with Crippen LogP contribution in [0.2, 0.25) is 0 Å². The van der Waals surface area contributed by atoms with Crippen LogP contribution in [0.15, 0.2) is 30.7 Å². The molecule has 110 valence electrons. The molecule has 1 aliphatic rings. The monoisotopic (exact) mass is 286 g/mol. The lowest BCUT2D eigenvalue weighted by Gasteiger charge is -2.14. The van der Waals surface area contributed by atoms with Crippen molar-refractivity contribution in [2.75, 3.05) is 29.5 Å². The summed E-state index contributed by atoms with van der Waals surface area (Å²) < 4.78 is 5.57. The normalized spacial score (nSPS) is 17.6. The van der Waals surface area contributed by atoms with Crippen molar-refractivity contribution >= 4 is 23.1 Å². The molecule has 3 rings (SSSR count). The topological polar surface area (TPSA) is 98.0 Å². The zero-order valence-electron chi connectivity index (χ0n) is 11.6. The van der Waals surface area contributed by atoms with Crippen molar-refractivity contribution in [3.05, 3.63) is 30.7 Å². The van der Waals surface area contributed by atoms with E-state index in [4.69, 9.17) is 10.5 Å². The number of aromatic nitrogens is 3. The van der Waals surface area contributed by atoms with E-state index in [1.54, 1.807) is 6.20 Å². The maximum Gasteiger partial charge on any atom is 0.160 e. The summed E-state index contributed by atoms with van der Waals surface area (Å²) in [6, 6.07) is 5.59. The Morgan fingerprint density at radius 3 is 2.90 bits per heavy atom. The number of hydrogen-bond acceptors (Lipinski definition) is 7. The number of hydrogen-bond donors (Lipinski definition) is 3. The molecule has 2 aromatic heterocycles. The first-order chi connectivity index (χ1) is 10.3. The third kappa shape index (κ3) is 3.38. The van der Waals surface area contributed by atoms with Gasteiger partial charge < -0.3 is 21.1 Å². The zero-order valence-corrected chi connectivity index (χ0v) is 11.6. The first kappa shape index (κ1) is 13.6. The van der Waals surface area contributed by atoms with Gasteiger partial charge in [-0.15, -0.1) is 0 Å². The molecule has 0 spiro atoms. The van der Waals surface area contributed by atoms with Crippen LogP contribution in [-0.2, 0) is 4.74 Å². The van der Waals surface area contributed by atoms with Crippen LogP contribution in [0.1, 0.15) is 12.8 Å². The first-order valence-corrected chi connectivity index (χ1v) is 6.97. The highest BCUT2D eigenvalue weighted by Gasteiger charge is 2.16. The van der Waals surface area contributed by atoms with Gasteiger partial charge in [0.1, 0.15) is 17.8 Å². The second-order valence-corrected chi connectivity index (χ2v) is 4.84. The van der Waals surface area contributed by atoms with Crippen molar-refractivity contribution in [3.63, 3.8) is 0 Å². The Labute approximate surface area is 123 Å². The maximum atomic E-state index is 6.10. The standard InChI is InChI=1S/C14H18N6O/c15-12-13(17-8-10-4-3-7-21-10)18-9-19-14(12)20-11-5-1-2-6-16-11/h1-2,5-6,9-10H,3-4,7-8,15H2,(H2,16,17,18,19,20). The average molecular weight is 286 g/mol. The van der Waals surface area contributed by atoms with E-state index in [9.17, 15) is 0 Å². The molecule has 1 unspecified atom stereocenters. The molecule has 1 atom stereocenters. The molecule has 1 aliphatic heterocycles. The summed E-state index contributed by atoms with van der Waals surface area (Å²) in [5, 5.41) is 6.30. The van der Waals surface area contributed by atoms with Gasteiger partial charge in [-0.1, -0.05) is 6.07 Å². The number of anilines is 4. The molecular weight excluding hydrogens is 268 g/mol. The van der Waals surface area contributed by atoms with Gasteiger partial charge in [-0.3, -0.25) is 0 Å². The highest BCUT2D eigenvalue weighted by molar-refractivity contribution is 5.76. The minimum absolute atomic E-state index is 0.228. The molecule has 4 N–H and O–H groups in total. The van der Waals surface area contributed by atoms with Crippen LogP contribution in [0.25, 0.3) is 0 Å². The van der Waals surface area contributed by atoms with Gasteiger partial charge in [0, 0.05) is 19.3 Å². The van der Waals surface area contributed by atoms with Crippen LogP contribution < -0.4 is 16.4 Å². The highest BCUT2D eigenvalue weighted by atomic mass is 16.5. The third-order valence-corrected chi connectivity index (χ3v) is 3.32. The summed E-state index contributed by atoms with van der Waals surface area (Å²) in [6.07, 6.45) is 5.58. The minimum atomic E-state index is 0.228. The number of nitrogens with one attached hydrogen (secondary N) is 2. The van der Waals surface area contributed by atoms with E-state index in [0.29, 0.717) is 29.7 Å². The molecule has 0 radical (unpaired) electrons. The van der Waals surface area contributed by atoms with Gasteiger partial charge in [-0.2, -0.15) is 0 Å². The van der Waals surface area contributed by atoms with E-state index in [2.05, 4.69) is 25.6 Å². The smallest absolute Gasteiger partial charge is 0.160 e. The van der Waals surface area contributed by atoms with Gasteiger partial charge in [-0.25, -0.2) is 15.0 Å². The lowest BCUT2D eigenvalue weighted by Crippen LogP contribution is -2.20. The van der Waals surface area contributed by atoms with Crippen LogP contribution in [0.3, 0.4) is 0 Å². The second kappa shape index (κ2) is 6.36. The van der Waals surface area contributed by atoms with E-state index >= 15 is 0 Å². The molecule has 0 saturated carbocycles. The predicted molar refractivity (Wildman–Crippen MR) is 81.4 cm³/mol. The van der Waals surface area contributed by atoms with Crippen molar-refractivity contribution in [1.29, 1.82) is 0 Å². The second-order valence-electron chi connectivity index (χ2n) is 4.84. The number of nitrogens with two attached hydrogens (primary N) is 1. The number of nitrogen functional groups attached to an aromatic ring is 1. The van der Waals surface area contributed by atoms with E-state index in [-0.39, 0.29) is 6.10 Å². The summed E-state index contributed by atoms with van der Waals surface area (Å²) in [4.78, 5) is 12.5. The summed E-state index contributed by atoms with van der Waals surface area (Å²) in [5.74, 6) is 1.84. The molecule has 0 bridgehead atoms. The minimum Gasteiger partial charge on any atom is -0.393 e. The first-order valence-electron chi connectivity index (χ1n) is 6.97. The molecule has 0 amide bonds. The molecular formula is C14H18N6O. The molecule has 7 nitrogen and oxygen atoms in total. The van der Waals surface area contributed by atoms with Gasteiger partial charge in [0.05, 0.1) is 6.10 Å². The van der Waals surface area contributed by atoms with Crippen molar-refractivity contribution in [1.82, 2.24) is 15.0 Å². The van der Waals surface area contributed by atoms with Crippen LogP contribution in [-0.4, -0.2) is 34.2 Å². The SMILES string of the molecule is Nc1c(NCC2CCCO2)ncnc1Nc1ccccn1. The molecule has 0 aliphatic carbocycles. The lowest BCUT2D eigenvalue weighted by atomic mass is 10.2. The Kier molecular flexibility index (Phi) is 4.11. The molecule has 2 aromatic rings. The van der Waals surface area contributed by atoms with Gasteiger partial charge in [0.15, 0.2) is 11.6 Å². The molecule has 3 heterocycles. The van der Waals surface area contributed by atoms with Gasteiger partial charge in [-0.05, 0) is 25.0 Å².